The van der Waals surface area contributed by atoms with Gasteiger partial charge in [-0.1, -0.05) is 6.92 Å². The molecule has 0 bridgehead atoms. The Hall–Kier alpha value is -1.10. The molecule has 0 saturated carbocycles. The van der Waals surface area contributed by atoms with E-state index in [4.69, 9.17) is 10.8 Å². The average molecular weight is 200 g/mol. The zero-order valence-corrected chi connectivity index (χ0v) is 8.43. The van der Waals surface area contributed by atoms with Gasteiger partial charge in [-0.3, -0.25) is 14.5 Å². The molecule has 1 rings (SSSR count). The molecule has 14 heavy (non-hydrogen) atoms. The lowest BCUT2D eigenvalue weighted by atomic mass is 10.0. The number of carboxylic acids is 1. The highest BCUT2D eigenvalue weighted by Gasteiger charge is 2.40. The van der Waals surface area contributed by atoms with Crippen LogP contribution in [0, 0.1) is 5.92 Å². The van der Waals surface area contributed by atoms with E-state index in [1.165, 1.54) is 0 Å². The molecule has 1 heterocycles. The van der Waals surface area contributed by atoms with Crippen molar-refractivity contribution in [2.45, 2.75) is 32.4 Å². The van der Waals surface area contributed by atoms with Gasteiger partial charge in [-0.05, 0) is 19.3 Å². The van der Waals surface area contributed by atoms with Gasteiger partial charge in [0.15, 0.2) is 0 Å². The molecule has 0 spiro atoms. The Labute approximate surface area is 82.9 Å². The highest BCUT2D eigenvalue weighted by Crippen LogP contribution is 2.25. The van der Waals surface area contributed by atoms with Gasteiger partial charge >= 0.3 is 5.97 Å². The number of likely N-dealkylation sites (tertiary alicyclic amines) is 1. The first kappa shape index (κ1) is 11.0. The van der Waals surface area contributed by atoms with Crippen molar-refractivity contribution in [1.29, 1.82) is 0 Å². The van der Waals surface area contributed by atoms with Crippen molar-refractivity contribution in [2.24, 2.45) is 11.7 Å². The molecule has 5 nitrogen and oxygen atoms in total. The van der Waals surface area contributed by atoms with Crippen molar-refractivity contribution >= 4 is 11.9 Å². The number of primary amides is 1. The van der Waals surface area contributed by atoms with Gasteiger partial charge in [0.2, 0.25) is 5.91 Å². The third-order valence-electron chi connectivity index (χ3n) is 2.90. The first-order valence-corrected chi connectivity index (χ1v) is 4.73. The van der Waals surface area contributed by atoms with Crippen LogP contribution in [0.5, 0.6) is 0 Å². The SMILES string of the molecule is CC1CCN(C(C)C(N)=O)C1C(=O)O. The van der Waals surface area contributed by atoms with Gasteiger partial charge in [0.25, 0.3) is 0 Å². The molecule has 5 heteroatoms. The summed E-state index contributed by atoms with van der Waals surface area (Å²) < 4.78 is 0. The van der Waals surface area contributed by atoms with Gasteiger partial charge in [-0.2, -0.15) is 0 Å². The summed E-state index contributed by atoms with van der Waals surface area (Å²) in [6, 6.07) is -1.07. The molecule has 80 valence electrons. The maximum Gasteiger partial charge on any atom is 0.321 e. The van der Waals surface area contributed by atoms with Crippen LogP contribution < -0.4 is 5.73 Å². The zero-order chi connectivity index (χ0) is 10.9. The molecule has 1 aliphatic heterocycles. The van der Waals surface area contributed by atoms with E-state index < -0.39 is 24.0 Å². The largest absolute Gasteiger partial charge is 0.480 e. The van der Waals surface area contributed by atoms with Crippen LogP contribution >= 0.6 is 0 Å². The van der Waals surface area contributed by atoms with Gasteiger partial charge in [-0.25, -0.2) is 0 Å². The van der Waals surface area contributed by atoms with E-state index in [9.17, 15) is 9.59 Å². The second kappa shape index (κ2) is 3.96. The van der Waals surface area contributed by atoms with Crippen LogP contribution in [0.2, 0.25) is 0 Å². The number of hydrogen-bond acceptors (Lipinski definition) is 3. The van der Waals surface area contributed by atoms with E-state index in [1.807, 2.05) is 6.92 Å². The number of hydrogen-bond donors (Lipinski definition) is 2. The quantitative estimate of drug-likeness (QED) is 0.652. The molecule has 0 aromatic carbocycles. The predicted octanol–water partition coefficient (Wildman–Crippen LogP) is -0.345. The Kier molecular flexibility index (Phi) is 3.10. The fourth-order valence-corrected chi connectivity index (χ4v) is 1.96. The minimum atomic E-state index is -0.872. The molecular formula is C9H16N2O3. The molecule has 0 aliphatic carbocycles. The van der Waals surface area contributed by atoms with E-state index in [1.54, 1.807) is 11.8 Å². The van der Waals surface area contributed by atoms with Gasteiger partial charge in [-0.15, -0.1) is 0 Å². The fourth-order valence-electron chi connectivity index (χ4n) is 1.96. The van der Waals surface area contributed by atoms with Gasteiger partial charge in [0.1, 0.15) is 6.04 Å². The summed E-state index contributed by atoms with van der Waals surface area (Å²) in [5.74, 6) is -1.26. The second-order valence-corrected chi connectivity index (χ2v) is 3.87. The minimum Gasteiger partial charge on any atom is -0.480 e. The van der Waals surface area contributed by atoms with Crippen molar-refractivity contribution in [3.63, 3.8) is 0 Å². The number of aliphatic carboxylic acids is 1. The van der Waals surface area contributed by atoms with Crippen LogP contribution in [0.4, 0.5) is 0 Å². The standard InChI is InChI=1S/C9H16N2O3/c1-5-3-4-11(6(2)8(10)12)7(5)9(13)14/h5-7H,3-4H2,1-2H3,(H2,10,12)(H,13,14). The Morgan fingerprint density at radius 2 is 2.14 bits per heavy atom. The first-order valence-electron chi connectivity index (χ1n) is 4.73. The molecule has 0 aromatic heterocycles. The lowest BCUT2D eigenvalue weighted by molar-refractivity contribution is -0.144. The third-order valence-corrected chi connectivity index (χ3v) is 2.90. The monoisotopic (exact) mass is 200 g/mol. The van der Waals surface area contributed by atoms with Crippen LogP contribution in [0.15, 0.2) is 0 Å². The van der Waals surface area contributed by atoms with Crippen molar-refractivity contribution in [1.82, 2.24) is 4.90 Å². The smallest absolute Gasteiger partial charge is 0.321 e. The molecule has 0 aromatic rings. The Bertz CT molecular complexity index is 254. The van der Waals surface area contributed by atoms with Gasteiger partial charge < -0.3 is 10.8 Å². The summed E-state index contributed by atoms with van der Waals surface area (Å²) in [6.45, 7) is 4.16. The van der Waals surface area contributed by atoms with E-state index in [0.717, 1.165) is 6.42 Å². The molecular weight excluding hydrogens is 184 g/mol. The number of nitrogens with two attached hydrogens (primary N) is 1. The fraction of sp³-hybridized carbons (Fsp3) is 0.778. The highest BCUT2D eigenvalue weighted by atomic mass is 16.4. The molecule has 1 amide bonds. The van der Waals surface area contributed by atoms with E-state index in [-0.39, 0.29) is 5.92 Å². The van der Waals surface area contributed by atoms with Crippen LogP contribution in [0.3, 0.4) is 0 Å². The van der Waals surface area contributed by atoms with E-state index in [0.29, 0.717) is 6.54 Å². The molecule has 3 N–H and O–H groups in total. The van der Waals surface area contributed by atoms with E-state index >= 15 is 0 Å². The molecule has 1 fully saturated rings. The maximum absolute atomic E-state index is 11.0. The van der Waals surface area contributed by atoms with Crippen molar-refractivity contribution < 1.29 is 14.7 Å². The Morgan fingerprint density at radius 3 is 2.57 bits per heavy atom. The number of carbonyl (C=O) groups is 2. The lowest BCUT2D eigenvalue weighted by Gasteiger charge is -2.27. The minimum absolute atomic E-state index is 0.0781. The summed E-state index contributed by atoms with van der Waals surface area (Å²) in [4.78, 5) is 23.6. The molecule has 0 radical (unpaired) electrons. The van der Waals surface area contributed by atoms with Crippen LogP contribution in [-0.4, -0.2) is 40.5 Å². The summed E-state index contributed by atoms with van der Waals surface area (Å²) >= 11 is 0. The van der Waals surface area contributed by atoms with Crippen molar-refractivity contribution in [3.05, 3.63) is 0 Å². The molecule has 1 aliphatic rings. The second-order valence-electron chi connectivity index (χ2n) is 3.87. The number of amides is 1. The highest BCUT2D eigenvalue weighted by molar-refractivity contribution is 5.81. The first-order chi connectivity index (χ1) is 6.45. The summed E-state index contributed by atoms with van der Waals surface area (Å²) in [5, 5.41) is 8.99. The average Bonchev–Trinajstić information content (AvgIpc) is 2.45. The van der Waals surface area contributed by atoms with Crippen molar-refractivity contribution in [3.8, 4) is 0 Å². The predicted molar refractivity (Wildman–Crippen MR) is 50.6 cm³/mol. The Balaban J connectivity index is 2.79. The van der Waals surface area contributed by atoms with Gasteiger partial charge in [0.05, 0.1) is 6.04 Å². The number of carboxylic acid groups (broad SMARTS) is 1. The summed E-state index contributed by atoms with van der Waals surface area (Å²) in [7, 11) is 0. The number of carbonyl (C=O) groups excluding carboxylic acids is 1. The zero-order valence-electron chi connectivity index (χ0n) is 8.43. The number of nitrogens with zero attached hydrogens (tertiary/aromatic N) is 1. The van der Waals surface area contributed by atoms with Crippen LogP contribution in [0.25, 0.3) is 0 Å². The molecule has 3 unspecified atom stereocenters. The van der Waals surface area contributed by atoms with Crippen molar-refractivity contribution in [2.75, 3.05) is 6.54 Å². The Morgan fingerprint density at radius 1 is 1.57 bits per heavy atom. The molecule has 3 atom stereocenters. The topological polar surface area (TPSA) is 83.6 Å². The van der Waals surface area contributed by atoms with Gasteiger partial charge in [0, 0.05) is 6.54 Å². The summed E-state index contributed by atoms with van der Waals surface area (Å²) in [6.07, 6.45) is 0.800. The van der Waals surface area contributed by atoms with Crippen LogP contribution in [0.1, 0.15) is 20.3 Å². The van der Waals surface area contributed by atoms with E-state index in [2.05, 4.69) is 0 Å². The molecule has 1 saturated heterocycles. The van der Waals surface area contributed by atoms with Crippen LogP contribution in [-0.2, 0) is 9.59 Å². The summed E-state index contributed by atoms with van der Waals surface area (Å²) in [5.41, 5.74) is 5.15. The normalized spacial score (nSPS) is 30.1. The maximum atomic E-state index is 11.0. The lowest BCUT2D eigenvalue weighted by Crippen LogP contribution is -2.49. The number of rotatable bonds is 3. The third kappa shape index (κ3) is 1.87.